The van der Waals surface area contributed by atoms with Crippen LogP contribution in [0.1, 0.15) is 19.8 Å². The van der Waals surface area contributed by atoms with E-state index in [0.717, 1.165) is 24.5 Å². The number of nitrogens with one attached hydrogen (secondary N) is 1. The van der Waals surface area contributed by atoms with E-state index >= 15 is 0 Å². The molecule has 1 rings (SSSR count). The van der Waals surface area contributed by atoms with Crippen molar-refractivity contribution in [3.8, 4) is 18.1 Å². The molecule has 0 fully saturated rings. The molecule has 1 heterocycles. The molecule has 0 radical (unpaired) electrons. The molecule has 0 aromatic carbocycles. The van der Waals surface area contributed by atoms with Gasteiger partial charge in [0.2, 0.25) is 0 Å². The molecular formula is C12H16N2O. The van der Waals surface area contributed by atoms with Gasteiger partial charge >= 0.3 is 0 Å². The monoisotopic (exact) mass is 204 g/mol. The molecule has 15 heavy (non-hydrogen) atoms. The number of nitrogens with zero attached hydrogens (tertiary/aromatic N) is 1. The maximum atomic E-state index is 5.54. The third-order valence-electron chi connectivity index (χ3n) is 1.79. The predicted molar refractivity (Wildman–Crippen MR) is 62.0 cm³/mol. The summed E-state index contributed by atoms with van der Waals surface area (Å²) in [5.41, 5.74) is 0. The Morgan fingerprint density at radius 1 is 1.60 bits per heavy atom. The zero-order valence-corrected chi connectivity index (χ0v) is 8.99. The third-order valence-corrected chi connectivity index (χ3v) is 1.79. The summed E-state index contributed by atoms with van der Waals surface area (Å²) in [6, 6.07) is 3.76. The van der Waals surface area contributed by atoms with Crippen molar-refractivity contribution in [3.63, 3.8) is 0 Å². The SMILES string of the molecule is C#CCCNc1ncccc1OCCC. The van der Waals surface area contributed by atoms with Crippen LogP contribution in [0.15, 0.2) is 18.3 Å². The number of rotatable bonds is 6. The molecule has 0 saturated heterocycles. The van der Waals surface area contributed by atoms with E-state index in [0.29, 0.717) is 13.0 Å². The zero-order chi connectivity index (χ0) is 10.9. The summed E-state index contributed by atoms with van der Waals surface area (Å²) < 4.78 is 5.54. The highest BCUT2D eigenvalue weighted by Gasteiger charge is 2.02. The van der Waals surface area contributed by atoms with Crippen molar-refractivity contribution in [2.45, 2.75) is 19.8 Å². The molecule has 1 aromatic rings. The van der Waals surface area contributed by atoms with Crippen molar-refractivity contribution >= 4 is 5.82 Å². The van der Waals surface area contributed by atoms with Crippen LogP contribution in [-0.4, -0.2) is 18.1 Å². The van der Waals surface area contributed by atoms with E-state index in [1.165, 1.54) is 0 Å². The van der Waals surface area contributed by atoms with Gasteiger partial charge < -0.3 is 10.1 Å². The molecule has 3 nitrogen and oxygen atoms in total. The van der Waals surface area contributed by atoms with Gasteiger partial charge in [-0.3, -0.25) is 0 Å². The van der Waals surface area contributed by atoms with Gasteiger partial charge in [0.05, 0.1) is 6.61 Å². The highest BCUT2D eigenvalue weighted by atomic mass is 16.5. The number of anilines is 1. The summed E-state index contributed by atoms with van der Waals surface area (Å²) in [5.74, 6) is 4.12. The van der Waals surface area contributed by atoms with Gasteiger partial charge in [-0.2, -0.15) is 0 Å². The Hall–Kier alpha value is -1.69. The predicted octanol–water partition coefficient (Wildman–Crippen LogP) is 2.31. The summed E-state index contributed by atoms with van der Waals surface area (Å²) in [5, 5.41) is 3.14. The van der Waals surface area contributed by atoms with E-state index in [4.69, 9.17) is 11.2 Å². The normalized spacial score (nSPS) is 9.33. The summed E-state index contributed by atoms with van der Waals surface area (Å²) in [4.78, 5) is 4.20. The van der Waals surface area contributed by atoms with E-state index in [1.54, 1.807) is 6.20 Å². The Morgan fingerprint density at radius 3 is 3.20 bits per heavy atom. The molecule has 0 aliphatic carbocycles. The lowest BCUT2D eigenvalue weighted by molar-refractivity contribution is 0.318. The molecule has 0 aliphatic rings. The Kier molecular flexibility index (Phi) is 5.10. The molecule has 1 aromatic heterocycles. The molecule has 80 valence electrons. The standard InChI is InChI=1S/C12H16N2O/c1-3-5-8-13-12-11(15-10-4-2)7-6-9-14-12/h1,6-7,9H,4-5,8,10H2,2H3,(H,13,14). The Morgan fingerprint density at radius 2 is 2.47 bits per heavy atom. The summed E-state index contributed by atoms with van der Waals surface area (Å²) in [6.45, 7) is 3.49. The van der Waals surface area contributed by atoms with Gasteiger partial charge in [0, 0.05) is 19.2 Å². The molecule has 0 aliphatic heterocycles. The van der Waals surface area contributed by atoms with Crippen LogP contribution in [-0.2, 0) is 0 Å². The molecule has 0 unspecified atom stereocenters. The molecule has 0 bridgehead atoms. The lowest BCUT2D eigenvalue weighted by Crippen LogP contribution is -2.05. The molecule has 1 N–H and O–H groups in total. The van der Waals surface area contributed by atoms with Crippen molar-refractivity contribution in [2.24, 2.45) is 0 Å². The maximum Gasteiger partial charge on any atom is 0.168 e. The molecule has 0 spiro atoms. The fraction of sp³-hybridized carbons (Fsp3) is 0.417. The van der Waals surface area contributed by atoms with Gasteiger partial charge in [-0.25, -0.2) is 4.98 Å². The second-order valence-corrected chi connectivity index (χ2v) is 3.08. The number of pyridine rings is 1. The minimum Gasteiger partial charge on any atom is -0.490 e. The first kappa shape index (κ1) is 11.4. The van der Waals surface area contributed by atoms with E-state index in [9.17, 15) is 0 Å². The quantitative estimate of drug-likeness (QED) is 0.570. The Labute approximate surface area is 90.9 Å². The fourth-order valence-corrected chi connectivity index (χ4v) is 1.10. The van der Waals surface area contributed by atoms with Gasteiger partial charge in [-0.05, 0) is 18.6 Å². The molecule has 0 atom stereocenters. The van der Waals surface area contributed by atoms with Gasteiger partial charge in [0.1, 0.15) is 0 Å². The first-order chi connectivity index (χ1) is 7.38. The van der Waals surface area contributed by atoms with E-state index in [1.807, 2.05) is 12.1 Å². The minimum atomic E-state index is 0.684. The second kappa shape index (κ2) is 6.72. The van der Waals surface area contributed by atoms with Gasteiger partial charge in [0.25, 0.3) is 0 Å². The topological polar surface area (TPSA) is 34.2 Å². The Bertz CT molecular complexity index is 331. The van der Waals surface area contributed by atoms with Crippen LogP contribution < -0.4 is 10.1 Å². The second-order valence-electron chi connectivity index (χ2n) is 3.08. The average Bonchev–Trinajstić information content (AvgIpc) is 2.28. The number of hydrogen-bond donors (Lipinski definition) is 1. The van der Waals surface area contributed by atoms with Crippen molar-refractivity contribution < 1.29 is 4.74 Å². The van der Waals surface area contributed by atoms with Gasteiger partial charge in [0.15, 0.2) is 11.6 Å². The van der Waals surface area contributed by atoms with Crippen molar-refractivity contribution in [1.29, 1.82) is 0 Å². The third kappa shape index (κ3) is 3.90. The largest absolute Gasteiger partial charge is 0.490 e. The van der Waals surface area contributed by atoms with Crippen LogP contribution in [0.5, 0.6) is 5.75 Å². The highest BCUT2D eigenvalue weighted by Crippen LogP contribution is 2.20. The summed E-state index contributed by atoms with van der Waals surface area (Å²) in [6.07, 6.45) is 8.57. The van der Waals surface area contributed by atoms with Crippen LogP contribution in [0.25, 0.3) is 0 Å². The number of hydrogen-bond acceptors (Lipinski definition) is 3. The van der Waals surface area contributed by atoms with Crippen LogP contribution in [0.3, 0.4) is 0 Å². The van der Waals surface area contributed by atoms with E-state index < -0.39 is 0 Å². The van der Waals surface area contributed by atoms with Gasteiger partial charge in [-0.1, -0.05) is 6.92 Å². The lowest BCUT2D eigenvalue weighted by Gasteiger charge is -2.10. The van der Waals surface area contributed by atoms with Crippen LogP contribution in [0.2, 0.25) is 0 Å². The lowest BCUT2D eigenvalue weighted by atomic mass is 10.4. The van der Waals surface area contributed by atoms with Crippen LogP contribution in [0, 0.1) is 12.3 Å². The first-order valence-corrected chi connectivity index (χ1v) is 5.13. The van der Waals surface area contributed by atoms with E-state index in [-0.39, 0.29) is 0 Å². The summed E-state index contributed by atoms with van der Waals surface area (Å²) in [7, 11) is 0. The van der Waals surface area contributed by atoms with Crippen molar-refractivity contribution in [1.82, 2.24) is 4.98 Å². The molecule has 0 saturated carbocycles. The average molecular weight is 204 g/mol. The zero-order valence-electron chi connectivity index (χ0n) is 8.99. The highest BCUT2D eigenvalue weighted by molar-refractivity contribution is 5.49. The van der Waals surface area contributed by atoms with Crippen molar-refractivity contribution in [2.75, 3.05) is 18.5 Å². The number of ether oxygens (including phenoxy) is 1. The van der Waals surface area contributed by atoms with Crippen LogP contribution >= 0.6 is 0 Å². The molecule has 3 heteroatoms. The summed E-state index contributed by atoms with van der Waals surface area (Å²) >= 11 is 0. The minimum absolute atomic E-state index is 0.684. The molecular weight excluding hydrogens is 188 g/mol. The van der Waals surface area contributed by atoms with Crippen LogP contribution in [0.4, 0.5) is 5.82 Å². The van der Waals surface area contributed by atoms with E-state index in [2.05, 4.69) is 23.1 Å². The first-order valence-electron chi connectivity index (χ1n) is 5.13. The number of aromatic nitrogens is 1. The fourth-order valence-electron chi connectivity index (χ4n) is 1.10. The smallest absolute Gasteiger partial charge is 0.168 e. The Balaban J connectivity index is 2.56. The van der Waals surface area contributed by atoms with Gasteiger partial charge in [-0.15, -0.1) is 12.3 Å². The number of terminal acetylenes is 1. The maximum absolute atomic E-state index is 5.54. The van der Waals surface area contributed by atoms with Crippen molar-refractivity contribution in [3.05, 3.63) is 18.3 Å². The molecule has 0 amide bonds.